The van der Waals surface area contributed by atoms with Crippen LogP contribution >= 0.6 is 0 Å². The summed E-state index contributed by atoms with van der Waals surface area (Å²) in [6.45, 7) is 19.2. The van der Waals surface area contributed by atoms with Crippen molar-refractivity contribution < 1.29 is 34.3 Å². The maximum atomic E-state index is 13.4. The zero-order chi connectivity index (χ0) is 36.5. The molecule has 0 radical (unpaired) electrons. The second-order valence-electron chi connectivity index (χ2n) is 20.9. The molecule has 9 nitrogen and oxygen atoms in total. The molecule has 1 amide bonds. The van der Waals surface area contributed by atoms with Gasteiger partial charge in [-0.25, -0.2) is 0 Å². The number of carbonyl (C=O) groups excluding carboxylic acids is 1. The number of likely N-dealkylation sites (tertiary alicyclic amines) is 1. The predicted octanol–water partition coefficient (Wildman–Crippen LogP) is 5.23. The molecule has 0 aromatic heterocycles. The molecule has 2 spiro atoms. The minimum atomic E-state index is -1.26. The Balaban J connectivity index is 0.963. The van der Waals surface area contributed by atoms with Gasteiger partial charge in [0.05, 0.1) is 43.2 Å². The monoisotopic (exact) mass is 715 g/mol. The second kappa shape index (κ2) is 12.3. The van der Waals surface area contributed by atoms with Crippen LogP contribution in [0, 0.1) is 56.7 Å². The molecule has 0 bridgehead atoms. The highest BCUT2D eigenvalue weighted by Crippen LogP contribution is 2.89. The summed E-state index contributed by atoms with van der Waals surface area (Å²) >= 11 is 0. The number of carbonyl (C=O) groups is 1. The zero-order valence-corrected chi connectivity index (χ0v) is 33.0. The first-order valence-corrected chi connectivity index (χ1v) is 20.9. The van der Waals surface area contributed by atoms with Gasteiger partial charge in [-0.05, 0) is 149 Å². The summed E-state index contributed by atoms with van der Waals surface area (Å²) in [7, 11) is 2.17. The Morgan fingerprint density at radius 3 is 2.37 bits per heavy atom. The van der Waals surface area contributed by atoms with Crippen molar-refractivity contribution in [2.45, 2.75) is 162 Å². The molecular formula is C42H70N2O7. The average Bonchev–Trinajstić information content (AvgIpc) is 3.71. The van der Waals surface area contributed by atoms with Gasteiger partial charge < -0.3 is 39.3 Å². The lowest BCUT2D eigenvalue weighted by molar-refractivity contribution is -0.248. The molecule has 51 heavy (non-hydrogen) atoms. The lowest BCUT2D eigenvalue weighted by Crippen LogP contribution is -2.60. The van der Waals surface area contributed by atoms with Crippen LogP contribution < -0.4 is 0 Å². The van der Waals surface area contributed by atoms with Crippen molar-refractivity contribution in [2.75, 3.05) is 39.8 Å². The van der Waals surface area contributed by atoms with Gasteiger partial charge in [0, 0.05) is 18.4 Å². The Labute approximate surface area is 307 Å². The molecule has 3 aliphatic heterocycles. The first-order chi connectivity index (χ1) is 23.9. The summed E-state index contributed by atoms with van der Waals surface area (Å²) in [5, 5.41) is 34.2. The van der Waals surface area contributed by atoms with E-state index < -0.39 is 23.9 Å². The molecule has 8 rings (SSSR count). The van der Waals surface area contributed by atoms with E-state index in [0.29, 0.717) is 56.2 Å². The van der Waals surface area contributed by atoms with E-state index >= 15 is 0 Å². The van der Waals surface area contributed by atoms with E-state index in [4.69, 9.17) is 14.2 Å². The third-order valence-corrected chi connectivity index (χ3v) is 17.8. The van der Waals surface area contributed by atoms with Crippen LogP contribution in [0.5, 0.6) is 0 Å². The number of nitrogens with zero attached hydrogens (tertiary/aromatic N) is 2. The fourth-order valence-electron chi connectivity index (χ4n) is 15.0. The molecule has 3 saturated heterocycles. The molecule has 0 aromatic carbocycles. The van der Waals surface area contributed by atoms with Crippen LogP contribution in [0.2, 0.25) is 0 Å². The van der Waals surface area contributed by atoms with Crippen molar-refractivity contribution >= 4 is 5.91 Å². The van der Waals surface area contributed by atoms with Gasteiger partial charge in [0.25, 0.3) is 0 Å². The Morgan fingerprint density at radius 2 is 1.67 bits per heavy atom. The van der Waals surface area contributed by atoms with Crippen LogP contribution in [0.1, 0.15) is 119 Å². The Bertz CT molecular complexity index is 1340. The first-order valence-electron chi connectivity index (χ1n) is 20.9. The van der Waals surface area contributed by atoms with Crippen LogP contribution in [-0.4, -0.2) is 113 Å². The van der Waals surface area contributed by atoms with E-state index in [1.165, 1.54) is 12.8 Å². The van der Waals surface area contributed by atoms with Gasteiger partial charge >= 0.3 is 0 Å². The molecule has 0 aromatic rings. The third kappa shape index (κ3) is 5.34. The van der Waals surface area contributed by atoms with Crippen LogP contribution in [0.3, 0.4) is 0 Å². The van der Waals surface area contributed by atoms with Gasteiger partial charge in [0.1, 0.15) is 6.10 Å². The molecule has 8 fully saturated rings. The van der Waals surface area contributed by atoms with E-state index in [-0.39, 0.29) is 57.4 Å². The highest BCUT2D eigenvalue weighted by molar-refractivity contribution is 5.76. The average molecular weight is 715 g/mol. The summed E-state index contributed by atoms with van der Waals surface area (Å²) in [6, 6.07) is 0. The maximum absolute atomic E-state index is 13.4. The van der Waals surface area contributed by atoms with Crippen molar-refractivity contribution in [3.8, 4) is 0 Å². The molecule has 3 N–H and O–H groups in total. The van der Waals surface area contributed by atoms with Gasteiger partial charge in [0.2, 0.25) is 5.91 Å². The number of amides is 1. The van der Waals surface area contributed by atoms with Gasteiger partial charge in [-0.1, -0.05) is 34.6 Å². The lowest BCUT2D eigenvalue weighted by Gasteiger charge is -2.64. The van der Waals surface area contributed by atoms with Crippen LogP contribution in [-0.2, 0) is 19.0 Å². The largest absolute Gasteiger partial charge is 0.390 e. The predicted molar refractivity (Wildman–Crippen MR) is 194 cm³/mol. The standard InChI is InChI=1S/C42H70N2O7/c1-25-21-27(35(46)38(4,5)48)50-34-33(25)39(6)15-16-42-24-41(42)14-11-30(37(2,3)28(41)9-10-29(42)40(39,7)36(34)47)51-32-23-44(19-20-49-32)31(45)22-26-12-17-43(8)18-13-26/h25-30,32-36,46-48H,9-24H2,1-8H3. The van der Waals surface area contributed by atoms with E-state index in [0.717, 1.165) is 58.0 Å². The highest BCUT2D eigenvalue weighted by atomic mass is 16.7. The number of hydrogen-bond donors (Lipinski definition) is 3. The molecule has 14 atom stereocenters. The van der Waals surface area contributed by atoms with Crippen LogP contribution in [0.15, 0.2) is 0 Å². The third-order valence-electron chi connectivity index (χ3n) is 17.8. The number of hydrogen-bond acceptors (Lipinski definition) is 8. The summed E-state index contributed by atoms with van der Waals surface area (Å²) in [4.78, 5) is 17.7. The van der Waals surface area contributed by atoms with Crippen molar-refractivity contribution in [3.05, 3.63) is 0 Å². The Kier molecular flexibility index (Phi) is 8.99. The fourth-order valence-corrected chi connectivity index (χ4v) is 15.0. The summed E-state index contributed by atoms with van der Waals surface area (Å²) in [6.07, 6.45) is 8.94. The molecule has 8 aliphatic rings. The minimum Gasteiger partial charge on any atom is -0.390 e. The number of aliphatic hydroxyl groups is 3. The van der Waals surface area contributed by atoms with E-state index in [1.54, 1.807) is 13.8 Å². The number of rotatable bonds is 6. The summed E-state index contributed by atoms with van der Waals surface area (Å²) < 4.78 is 19.8. The van der Waals surface area contributed by atoms with Gasteiger partial charge in [-0.15, -0.1) is 0 Å². The fraction of sp³-hybridized carbons (Fsp3) is 0.976. The highest BCUT2D eigenvalue weighted by Gasteiger charge is 2.84. The van der Waals surface area contributed by atoms with E-state index in [1.807, 2.05) is 4.90 Å². The normalized spacial score (nSPS) is 50.3. The molecule has 9 heteroatoms. The Hall–Kier alpha value is -0.810. The molecule has 3 heterocycles. The van der Waals surface area contributed by atoms with Crippen LogP contribution in [0.4, 0.5) is 0 Å². The van der Waals surface area contributed by atoms with Gasteiger partial charge in [0.15, 0.2) is 6.29 Å². The second-order valence-corrected chi connectivity index (χ2v) is 20.9. The first kappa shape index (κ1) is 37.1. The molecular weight excluding hydrogens is 644 g/mol. The zero-order valence-electron chi connectivity index (χ0n) is 33.0. The number of aliphatic hydroxyl groups excluding tert-OH is 2. The van der Waals surface area contributed by atoms with Crippen molar-refractivity contribution in [2.24, 2.45) is 56.7 Å². The topological polar surface area (TPSA) is 112 Å². The summed E-state index contributed by atoms with van der Waals surface area (Å²) in [5.74, 6) is 2.27. The smallest absolute Gasteiger partial charge is 0.223 e. The van der Waals surface area contributed by atoms with Gasteiger partial charge in [-0.3, -0.25) is 4.79 Å². The van der Waals surface area contributed by atoms with Crippen molar-refractivity contribution in [1.82, 2.24) is 9.80 Å². The summed E-state index contributed by atoms with van der Waals surface area (Å²) in [5.41, 5.74) is -1.06. The molecule has 5 saturated carbocycles. The van der Waals surface area contributed by atoms with Crippen molar-refractivity contribution in [1.29, 1.82) is 0 Å². The molecule has 290 valence electrons. The number of piperidine rings is 1. The number of fused-ring (bicyclic) bond motifs is 4. The Morgan fingerprint density at radius 1 is 0.980 bits per heavy atom. The minimum absolute atomic E-state index is 0.0154. The SMILES string of the molecule is CC1CC(C(O)C(C)(C)O)OC2C1C1(C)CCC34CC35CCC(OC3CN(C(=O)CC6CCN(C)CC6)CCO3)C(C)(C)C5CCC4C1(C)C2O. The quantitative estimate of drug-likeness (QED) is 0.343. The number of morpholine rings is 1. The van der Waals surface area contributed by atoms with Gasteiger partial charge in [-0.2, -0.15) is 0 Å². The van der Waals surface area contributed by atoms with Crippen LogP contribution in [0.25, 0.3) is 0 Å². The van der Waals surface area contributed by atoms with E-state index in [9.17, 15) is 20.1 Å². The van der Waals surface area contributed by atoms with Crippen molar-refractivity contribution in [3.63, 3.8) is 0 Å². The van der Waals surface area contributed by atoms with E-state index in [2.05, 4.69) is 46.6 Å². The maximum Gasteiger partial charge on any atom is 0.223 e. The molecule has 5 aliphatic carbocycles. The molecule has 14 unspecified atom stereocenters. The number of ether oxygens (including phenoxy) is 3. The lowest BCUT2D eigenvalue weighted by atomic mass is 9.41.